The predicted octanol–water partition coefficient (Wildman–Crippen LogP) is 5.80. The molecule has 0 spiro atoms. The Morgan fingerprint density at radius 2 is 1.73 bits per heavy atom. The van der Waals surface area contributed by atoms with Crippen LogP contribution in [0.2, 0.25) is 0 Å². The fraction of sp³-hybridized carbons (Fsp3) is 0.386. The van der Waals surface area contributed by atoms with E-state index in [1.807, 2.05) is 48.1 Å². The van der Waals surface area contributed by atoms with Crippen LogP contribution in [0.5, 0.6) is 0 Å². The lowest BCUT2D eigenvalue weighted by Gasteiger charge is -2.31. The van der Waals surface area contributed by atoms with Crippen molar-refractivity contribution in [3.63, 3.8) is 0 Å². The highest BCUT2D eigenvalue weighted by atomic mass is 16.5. The topological polar surface area (TPSA) is 149 Å². The van der Waals surface area contributed by atoms with Crippen LogP contribution in [-0.4, -0.2) is 76.4 Å². The van der Waals surface area contributed by atoms with Gasteiger partial charge in [0.2, 0.25) is 0 Å². The number of hydrogen-bond acceptors (Lipinski definition) is 9. The number of nitriles is 1. The molecule has 12 nitrogen and oxygen atoms in total. The summed E-state index contributed by atoms with van der Waals surface area (Å²) in [5.41, 5.74) is 8.84. The van der Waals surface area contributed by atoms with Crippen LogP contribution < -0.4 is 21.3 Å². The second-order valence-corrected chi connectivity index (χ2v) is 14.7. The van der Waals surface area contributed by atoms with Crippen LogP contribution in [0.4, 0.5) is 5.69 Å². The first-order valence-electron chi connectivity index (χ1n) is 19.8. The average molecular weight is 754 g/mol. The van der Waals surface area contributed by atoms with E-state index in [0.717, 1.165) is 83.7 Å². The van der Waals surface area contributed by atoms with Gasteiger partial charge in [-0.3, -0.25) is 14.5 Å². The smallest absolute Gasteiger partial charge is 0.251 e. The van der Waals surface area contributed by atoms with Crippen molar-refractivity contribution in [1.82, 2.24) is 35.6 Å². The zero-order valence-corrected chi connectivity index (χ0v) is 32.5. The monoisotopic (exact) mass is 753 g/mol. The first kappa shape index (κ1) is 38.7. The lowest BCUT2D eigenvalue weighted by atomic mass is 9.96. The third kappa shape index (κ3) is 8.92. The molecule has 4 N–H and O–H groups in total. The Morgan fingerprint density at radius 3 is 2.46 bits per heavy atom. The van der Waals surface area contributed by atoms with Crippen molar-refractivity contribution < 1.29 is 14.3 Å². The normalized spacial score (nSPS) is 16.4. The number of carbonyl (C=O) groups excluding carboxylic acids is 2. The molecule has 2 aliphatic rings. The number of nitrogens with one attached hydrogen (secondary N) is 4. The van der Waals surface area contributed by atoms with Gasteiger partial charge < -0.3 is 26.0 Å². The van der Waals surface area contributed by atoms with Crippen molar-refractivity contribution in [3.05, 3.63) is 112 Å². The van der Waals surface area contributed by atoms with Crippen LogP contribution >= 0.6 is 0 Å². The summed E-state index contributed by atoms with van der Waals surface area (Å²) >= 11 is 0. The van der Waals surface area contributed by atoms with Gasteiger partial charge in [-0.25, -0.2) is 9.67 Å². The summed E-state index contributed by atoms with van der Waals surface area (Å²) in [6.07, 6.45) is 4.33. The van der Waals surface area contributed by atoms with Crippen LogP contribution in [-0.2, 0) is 37.3 Å². The molecule has 0 aliphatic carbocycles. The molecule has 56 heavy (non-hydrogen) atoms. The summed E-state index contributed by atoms with van der Waals surface area (Å²) in [4.78, 5) is 34.5. The molecule has 2 amide bonds. The second-order valence-electron chi connectivity index (χ2n) is 14.7. The Morgan fingerprint density at radius 1 is 0.964 bits per heavy atom. The molecule has 3 aromatic carbocycles. The highest BCUT2D eigenvalue weighted by Crippen LogP contribution is 2.32. The SMILES string of the molecule is CCc1nc2c(cnn2CC)c(NC2CCOCC2)c1CNC(=O)c1cccc(C(=O)NCc2ccc(C#N)c(-c3cccc(CN4CCN[C@@H](C)C4)c3)c2)c1. The highest BCUT2D eigenvalue weighted by molar-refractivity contribution is 6.00. The lowest BCUT2D eigenvalue weighted by Crippen LogP contribution is -2.48. The number of pyridine rings is 1. The first-order chi connectivity index (χ1) is 27.3. The fourth-order valence-electron chi connectivity index (χ4n) is 7.75. The maximum Gasteiger partial charge on any atom is 0.251 e. The minimum absolute atomic E-state index is 0.243. The number of hydrogen-bond donors (Lipinski definition) is 4. The number of ether oxygens (including phenoxy) is 1. The van der Waals surface area contributed by atoms with Gasteiger partial charge in [-0.2, -0.15) is 10.4 Å². The van der Waals surface area contributed by atoms with Crippen LogP contribution in [0.15, 0.2) is 72.9 Å². The largest absolute Gasteiger partial charge is 0.381 e. The third-order valence-corrected chi connectivity index (χ3v) is 10.7. The molecule has 0 radical (unpaired) electrons. The molecule has 7 rings (SSSR count). The molecule has 0 bridgehead atoms. The lowest BCUT2D eigenvalue weighted by molar-refractivity contribution is 0.0904. The van der Waals surface area contributed by atoms with Crippen molar-refractivity contribution in [1.29, 1.82) is 5.26 Å². The number of rotatable bonds is 13. The van der Waals surface area contributed by atoms with Gasteiger partial charge in [0.15, 0.2) is 5.65 Å². The van der Waals surface area contributed by atoms with Crippen molar-refractivity contribution in [2.24, 2.45) is 0 Å². The molecular formula is C44H51N9O3. The third-order valence-electron chi connectivity index (χ3n) is 10.7. The Hall–Kier alpha value is -5.61. The van der Waals surface area contributed by atoms with Crippen molar-refractivity contribution >= 4 is 28.5 Å². The number of aryl methyl sites for hydroxylation is 2. The minimum Gasteiger partial charge on any atom is -0.381 e. The van der Waals surface area contributed by atoms with E-state index in [9.17, 15) is 14.9 Å². The number of carbonyl (C=O) groups is 2. The number of fused-ring (bicyclic) bond motifs is 1. The standard InChI is InChI=1S/C44H51N9O3/c1-4-40-38(41(50-36-14-18-56-19-15-36)39-26-49-53(5-2)42(39)51-40)25-48-44(55)34-11-7-10-33(22-34)43(54)47-24-30-12-13-35(23-45)37(21-30)32-9-6-8-31(20-32)28-52-17-16-46-29(3)27-52/h6-13,20-22,26,29,36,46H,4-5,14-19,24-25,27-28H2,1-3H3,(H,47,54)(H,48,55)(H,50,51)/t29-/m0/s1. The maximum absolute atomic E-state index is 13.6. The summed E-state index contributed by atoms with van der Waals surface area (Å²) in [6.45, 7) is 12.8. The van der Waals surface area contributed by atoms with E-state index in [2.05, 4.69) is 63.3 Å². The molecule has 5 aromatic rings. The van der Waals surface area contributed by atoms with Gasteiger partial charge in [0.1, 0.15) is 0 Å². The molecule has 4 heterocycles. The quantitative estimate of drug-likeness (QED) is 0.117. The molecule has 2 saturated heterocycles. The molecular weight excluding hydrogens is 703 g/mol. The van der Waals surface area contributed by atoms with Crippen molar-refractivity contribution in [2.45, 2.75) is 78.3 Å². The van der Waals surface area contributed by atoms with E-state index in [0.29, 0.717) is 48.9 Å². The van der Waals surface area contributed by atoms with Gasteiger partial charge >= 0.3 is 0 Å². The van der Waals surface area contributed by atoms with Gasteiger partial charge in [-0.1, -0.05) is 37.3 Å². The molecule has 2 aliphatic heterocycles. The molecule has 2 fully saturated rings. The fourth-order valence-corrected chi connectivity index (χ4v) is 7.75. The summed E-state index contributed by atoms with van der Waals surface area (Å²) in [6, 6.07) is 23.8. The summed E-state index contributed by atoms with van der Waals surface area (Å²) < 4.78 is 7.50. The minimum atomic E-state index is -0.295. The maximum atomic E-state index is 13.6. The van der Waals surface area contributed by atoms with Gasteiger partial charge in [-0.15, -0.1) is 0 Å². The van der Waals surface area contributed by atoms with Crippen molar-refractivity contribution in [3.8, 4) is 17.2 Å². The zero-order chi connectivity index (χ0) is 39.0. The number of piperazine rings is 1. The van der Waals surface area contributed by atoms with Crippen LogP contribution in [0.25, 0.3) is 22.2 Å². The van der Waals surface area contributed by atoms with E-state index in [1.54, 1.807) is 24.3 Å². The molecule has 12 heteroatoms. The molecule has 290 valence electrons. The van der Waals surface area contributed by atoms with Gasteiger partial charge in [0, 0.05) is 93.5 Å². The van der Waals surface area contributed by atoms with Gasteiger partial charge in [0.25, 0.3) is 11.8 Å². The molecule has 0 unspecified atom stereocenters. The molecule has 1 atom stereocenters. The van der Waals surface area contributed by atoms with E-state index >= 15 is 0 Å². The van der Waals surface area contributed by atoms with E-state index in [4.69, 9.17) is 9.72 Å². The Kier molecular flexibility index (Phi) is 12.4. The van der Waals surface area contributed by atoms with Crippen LogP contribution in [0.3, 0.4) is 0 Å². The zero-order valence-electron chi connectivity index (χ0n) is 32.5. The number of benzene rings is 3. The van der Waals surface area contributed by atoms with E-state index in [1.165, 1.54) is 5.56 Å². The van der Waals surface area contributed by atoms with E-state index in [-0.39, 0.29) is 30.9 Å². The van der Waals surface area contributed by atoms with Gasteiger partial charge in [-0.05, 0) is 91.8 Å². The second kappa shape index (κ2) is 17.9. The van der Waals surface area contributed by atoms with Crippen LogP contribution in [0, 0.1) is 11.3 Å². The number of nitrogens with zero attached hydrogens (tertiary/aromatic N) is 5. The molecule has 0 saturated carbocycles. The van der Waals surface area contributed by atoms with E-state index < -0.39 is 0 Å². The Balaban J connectivity index is 1.03. The van der Waals surface area contributed by atoms with Crippen molar-refractivity contribution in [2.75, 3.05) is 38.2 Å². The first-order valence-corrected chi connectivity index (χ1v) is 19.8. The van der Waals surface area contributed by atoms with Gasteiger partial charge in [0.05, 0.1) is 28.9 Å². The highest BCUT2D eigenvalue weighted by Gasteiger charge is 2.23. The Labute approximate surface area is 328 Å². The summed E-state index contributed by atoms with van der Waals surface area (Å²) in [5, 5.41) is 28.8. The van der Waals surface area contributed by atoms with Crippen LogP contribution in [0.1, 0.15) is 82.3 Å². The average Bonchev–Trinajstić information content (AvgIpc) is 3.65. The summed E-state index contributed by atoms with van der Waals surface area (Å²) in [7, 11) is 0. The summed E-state index contributed by atoms with van der Waals surface area (Å²) in [5.74, 6) is -0.579. The Bertz CT molecular complexity index is 2240. The number of anilines is 1. The predicted molar refractivity (Wildman–Crippen MR) is 218 cm³/mol. The number of amides is 2. The molecule has 2 aromatic heterocycles. The number of aromatic nitrogens is 3.